The number of rotatable bonds is 7. The number of hydrogen-bond acceptors (Lipinski definition) is 4. The first-order chi connectivity index (χ1) is 12.5. The van der Waals surface area contributed by atoms with Gasteiger partial charge < -0.3 is 10.1 Å². The predicted octanol–water partition coefficient (Wildman–Crippen LogP) is 3.39. The number of ether oxygens (including phenoxy) is 1. The molecule has 7 heteroatoms. The van der Waals surface area contributed by atoms with E-state index in [2.05, 4.69) is 10.3 Å². The number of hydrogen-bond donors (Lipinski definition) is 1. The monoisotopic (exact) mass is 365 g/mol. The molecule has 1 fully saturated rings. The summed E-state index contributed by atoms with van der Waals surface area (Å²) in [6.45, 7) is 1.03. The molecule has 0 bridgehead atoms. The smallest absolute Gasteiger partial charge is 0.401 e. The highest BCUT2D eigenvalue weighted by molar-refractivity contribution is 5.33. The van der Waals surface area contributed by atoms with E-state index in [1.165, 1.54) is 4.90 Å². The maximum absolute atomic E-state index is 12.5. The van der Waals surface area contributed by atoms with Gasteiger partial charge in [0.05, 0.1) is 6.54 Å². The van der Waals surface area contributed by atoms with Crippen molar-refractivity contribution in [3.05, 3.63) is 59.9 Å². The minimum Gasteiger partial charge on any atom is -0.489 e. The largest absolute Gasteiger partial charge is 0.489 e. The van der Waals surface area contributed by atoms with Gasteiger partial charge in [0.25, 0.3) is 0 Å². The number of benzene rings is 1. The molecule has 0 aliphatic carbocycles. The van der Waals surface area contributed by atoms with E-state index in [1.54, 1.807) is 12.4 Å². The summed E-state index contributed by atoms with van der Waals surface area (Å²) in [5.74, 6) is 0.772. The number of nitrogens with one attached hydrogen (secondary N) is 1. The molecule has 2 heterocycles. The number of para-hydroxylation sites is 1. The molecule has 0 radical (unpaired) electrons. The number of halogens is 3. The van der Waals surface area contributed by atoms with Crippen molar-refractivity contribution in [3.8, 4) is 5.75 Å². The molecular weight excluding hydrogens is 343 g/mol. The Bertz CT molecular complexity index is 694. The summed E-state index contributed by atoms with van der Waals surface area (Å²) < 4.78 is 43.3. The summed E-state index contributed by atoms with van der Waals surface area (Å²) in [5.41, 5.74) is 1.97. The molecule has 2 aromatic rings. The van der Waals surface area contributed by atoms with Crippen LogP contribution in [0.15, 0.2) is 48.8 Å². The van der Waals surface area contributed by atoms with Crippen molar-refractivity contribution < 1.29 is 17.9 Å². The molecule has 1 saturated heterocycles. The molecule has 0 spiro atoms. The Morgan fingerprint density at radius 1 is 1.19 bits per heavy atom. The van der Waals surface area contributed by atoms with Gasteiger partial charge in [-0.1, -0.05) is 24.3 Å². The molecule has 3 rings (SSSR count). The van der Waals surface area contributed by atoms with Crippen LogP contribution in [-0.2, 0) is 13.2 Å². The summed E-state index contributed by atoms with van der Waals surface area (Å²) in [6, 6.07) is 11.6. The van der Waals surface area contributed by atoms with Gasteiger partial charge in [0.15, 0.2) is 0 Å². The molecule has 1 aromatic carbocycles. The van der Waals surface area contributed by atoms with Crippen molar-refractivity contribution >= 4 is 0 Å². The third kappa shape index (κ3) is 5.71. The fourth-order valence-corrected chi connectivity index (χ4v) is 3.09. The maximum Gasteiger partial charge on any atom is 0.401 e. The first kappa shape index (κ1) is 18.7. The Kier molecular flexibility index (Phi) is 6.11. The van der Waals surface area contributed by atoms with Gasteiger partial charge in [0.1, 0.15) is 12.4 Å². The van der Waals surface area contributed by atoms with Crippen molar-refractivity contribution in [1.82, 2.24) is 15.2 Å². The zero-order chi connectivity index (χ0) is 18.4. The van der Waals surface area contributed by atoms with Gasteiger partial charge in [0.2, 0.25) is 0 Å². The molecule has 1 aliphatic rings. The predicted molar refractivity (Wildman–Crippen MR) is 92.8 cm³/mol. The Hall–Kier alpha value is -2.12. The second kappa shape index (κ2) is 8.51. The lowest BCUT2D eigenvalue weighted by Gasteiger charge is -2.19. The number of aromatic nitrogens is 1. The van der Waals surface area contributed by atoms with E-state index >= 15 is 0 Å². The zero-order valence-corrected chi connectivity index (χ0v) is 14.4. The Morgan fingerprint density at radius 3 is 2.81 bits per heavy atom. The fourth-order valence-electron chi connectivity index (χ4n) is 3.09. The van der Waals surface area contributed by atoms with Crippen LogP contribution in [0.5, 0.6) is 5.75 Å². The van der Waals surface area contributed by atoms with E-state index in [4.69, 9.17) is 4.74 Å². The van der Waals surface area contributed by atoms with Gasteiger partial charge in [0, 0.05) is 49.2 Å². The van der Waals surface area contributed by atoms with Crippen LogP contribution in [0.25, 0.3) is 0 Å². The molecule has 1 atom stereocenters. The Balaban J connectivity index is 1.51. The molecule has 1 aromatic heterocycles. The number of nitrogens with zero attached hydrogens (tertiary/aromatic N) is 2. The van der Waals surface area contributed by atoms with Gasteiger partial charge >= 0.3 is 6.18 Å². The second-order valence-electron chi connectivity index (χ2n) is 6.47. The molecule has 1 aliphatic heterocycles. The van der Waals surface area contributed by atoms with Crippen LogP contribution >= 0.6 is 0 Å². The van der Waals surface area contributed by atoms with Crippen LogP contribution in [0, 0.1) is 0 Å². The highest BCUT2D eigenvalue weighted by atomic mass is 19.4. The molecule has 0 saturated carbocycles. The standard InChI is InChI=1S/C19H22F3N3O/c20-19(21,22)14-25-9-7-17(12-25)24-11-16-5-1-2-6-18(16)26-13-15-4-3-8-23-10-15/h1-6,8,10,17,24H,7,9,11-14H2. The van der Waals surface area contributed by atoms with Crippen LogP contribution < -0.4 is 10.1 Å². The minimum absolute atomic E-state index is 0.0590. The van der Waals surface area contributed by atoms with Crippen LogP contribution in [0.1, 0.15) is 17.5 Å². The summed E-state index contributed by atoms with van der Waals surface area (Å²) in [6.07, 6.45) is 0.0517. The highest BCUT2D eigenvalue weighted by Crippen LogP contribution is 2.22. The average Bonchev–Trinajstić information content (AvgIpc) is 3.05. The summed E-state index contributed by atoms with van der Waals surface area (Å²) >= 11 is 0. The lowest BCUT2D eigenvalue weighted by atomic mass is 10.1. The van der Waals surface area contributed by atoms with Crippen molar-refractivity contribution in [2.45, 2.75) is 31.8 Å². The van der Waals surface area contributed by atoms with Crippen LogP contribution in [0.3, 0.4) is 0 Å². The quantitative estimate of drug-likeness (QED) is 0.816. The van der Waals surface area contributed by atoms with Gasteiger partial charge in [-0.3, -0.25) is 9.88 Å². The summed E-state index contributed by atoms with van der Waals surface area (Å²) in [4.78, 5) is 5.51. The average molecular weight is 365 g/mol. The maximum atomic E-state index is 12.5. The second-order valence-corrected chi connectivity index (χ2v) is 6.47. The zero-order valence-electron chi connectivity index (χ0n) is 14.4. The molecular formula is C19H22F3N3O. The van der Waals surface area contributed by atoms with Crippen LogP contribution in [0.4, 0.5) is 13.2 Å². The van der Waals surface area contributed by atoms with E-state index in [1.807, 2.05) is 36.4 Å². The molecule has 140 valence electrons. The van der Waals surface area contributed by atoms with Crippen LogP contribution in [0.2, 0.25) is 0 Å². The van der Waals surface area contributed by atoms with Gasteiger partial charge in [-0.25, -0.2) is 0 Å². The van der Waals surface area contributed by atoms with Gasteiger partial charge in [-0.15, -0.1) is 0 Å². The molecule has 0 amide bonds. The number of alkyl halides is 3. The molecule has 1 unspecified atom stereocenters. The van der Waals surface area contributed by atoms with Crippen molar-refractivity contribution in [2.75, 3.05) is 19.6 Å². The highest BCUT2D eigenvalue weighted by Gasteiger charge is 2.34. The van der Waals surface area contributed by atoms with Gasteiger partial charge in [-0.05, 0) is 18.6 Å². The summed E-state index contributed by atoms with van der Waals surface area (Å²) in [7, 11) is 0. The van der Waals surface area contributed by atoms with E-state index < -0.39 is 12.7 Å². The van der Waals surface area contributed by atoms with E-state index in [0.717, 1.165) is 23.3 Å². The third-order valence-electron chi connectivity index (χ3n) is 4.35. The first-order valence-electron chi connectivity index (χ1n) is 8.62. The normalized spacial score (nSPS) is 18.2. The minimum atomic E-state index is -4.14. The Morgan fingerprint density at radius 2 is 2.04 bits per heavy atom. The fraction of sp³-hybridized carbons (Fsp3) is 0.421. The lowest BCUT2D eigenvalue weighted by molar-refractivity contribution is -0.143. The van der Waals surface area contributed by atoms with E-state index in [-0.39, 0.29) is 6.04 Å². The SMILES string of the molecule is FC(F)(F)CN1CCC(NCc2ccccc2OCc2cccnc2)C1. The molecule has 1 N–H and O–H groups in total. The van der Waals surface area contributed by atoms with E-state index in [9.17, 15) is 13.2 Å². The van der Waals surface area contributed by atoms with Crippen LogP contribution in [-0.4, -0.2) is 41.7 Å². The molecule has 4 nitrogen and oxygen atoms in total. The van der Waals surface area contributed by atoms with Crippen molar-refractivity contribution in [3.63, 3.8) is 0 Å². The van der Waals surface area contributed by atoms with Crippen molar-refractivity contribution in [1.29, 1.82) is 0 Å². The van der Waals surface area contributed by atoms with Gasteiger partial charge in [-0.2, -0.15) is 13.2 Å². The summed E-state index contributed by atoms with van der Waals surface area (Å²) in [5, 5.41) is 3.35. The Labute approximate surface area is 151 Å². The number of likely N-dealkylation sites (tertiary alicyclic amines) is 1. The van der Waals surface area contributed by atoms with Crippen molar-refractivity contribution in [2.24, 2.45) is 0 Å². The topological polar surface area (TPSA) is 37.4 Å². The molecule has 26 heavy (non-hydrogen) atoms. The first-order valence-corrected chi connectivity index (χ1v) is 8.62. The van der Waals surface area contributed by atoms with E-state index in [0.29, 0.717) is 26.2 Å². The number of pyridine rings is 1. The lowest BCUT2D eigenvalue weighted by Crippen LogP contribution is -2.36. The third-order valence-corrected chi connectivity index (χ3v) is 4.35.